The molecule has 0 unspecified atom stereocenters. The van der Waals surface area contributed by atoms with Crippen LogP contribution in [0.15, 0.2) is 24.3 Å². The van der Waals surface area contributed by atoms with E-state index in [4.69, 9.17) is 9.47 Å². The molecule has 1 heterocycles. The maximum absolute atomic E-state index is 5.98. The van der Waals surface area contributed by atoms with Crippen LogP contribution in [0.25, 0.3) is 0 Å². The van der Waals surface area contributed by atoms with E-state index < -0.39 is 0 Å². The van der Waals surface area contributed by atoms with E-state index in [1.807, 2.05) is 24.3 Å². The van der Waals surface area contributed by atoms with E-state index in [-0.39, 0.29) is 0 Å². The third kappa shape index (κ3) is 4.22. The average molecular weight is 249 g/mol. The predicted octanol–water partition coefficient (Wildman–Crippen LogP) is 3.00. The lowest BCUT2D eigenvalue weighted by Crippen LogP contribution is -2.34. The van der Waals surface area contributed by atoms with Gasteiger partial charge in [0.15, 0.2) is 0 Å². The number of benzene rings is 1. The third-order valence-corrected chi connectivity index (χ3v) is 3.16. The smallest absolute Gasteiger partial charge is 0.123 e. The molecule has 0 aromatic heterocycles. The first kappa shape index (κ1) is 13.2. The van der Waals surface area contributed by atoms with Crippen LogP contribution in [0.2, 0.25) is 0 Å². The highest BCUT2D eigenvalue weighted by Gasteiger charge is 2.14. The fourth-order valence-electron chi connectivity index (χ4n) is 2.08. The second kappa shape index (κ2) is 7.27. The van der Waals surface area contributed by atoms with Gasteiger partial charge < -0.3 is 14.8 Å². The Labute approximate surface area is 109 Å². The molecule has 2 rings (SSSR count). The van der Waals surface area contributed by atoms with Gasteiger partial charge in [0, 0.05) is 6.07 Å². The Morgan fingerprint density at radius 1 is 1.22 bits per heavy atom. The van der Waals surface area contributed by atoms with Gasteiger partial charge in [-0.2, -0.15) is 0 Å². The Hall–Kier alpha value is -1.22. The number of nitrogens with one attached hydrogen (secondary N) is 1. The van der Waals surface area contributed by atoms with Crippen molar-refractivity contribution in [2.75, 3.05) is 19.7 Å². The van der Waals surface area contributed by atoms with Crippen LogP contribution in [0.4, 0.5) is 0 Å². The molecule has 1 N–H and O–H groups in total. The van der Waals surface area contributed by atoms with E-state index >= 15 is 0 Å². The minimum absolute atomic E-state index is 0.345. The Balaban J connectivity index is 1.85. The van der Waals surface area contributed by atoms with Gasteiger partial charge in [-0.15, -0.1) is 0 Å². The van der Waals surface area contributed by atoms with E-state index in [2.05, 4.69) is 12.2 Å². The third-order valence-electron chi connectivity index (χ3n) is 3.16. The van der Waals surface area contributed by atoms with Gasteiger partial charge >= 0.3 is 0 Å². The summed E-state index contributed by atoms with van der Waals surface area (Å²) < 4.78 is 11.7. The standard InChI is InChI=1S/C15H23NO2/c1-2-3-11-17-14-5-4-6-15(12-14)18-13-7-9-16-10-8-13/h4-6,12-13,16H,2-3,7-11H2,1H3. The number of ether oxygens (including phenoxy) is 2. The summed E-state index contributed by atoms with van der Waals surface area (Å²) in [5, 5.41) is 3.34. The molecule has 0 atom stereocenters. The van der Waals surface area contributed by atoms with Gasteiger partial charge in [-0.1, -0.05) is 19.4 Å². The maximum atomic E-state index is 5.98. The van der Waals surface area contributed by atoms with E-state index in [9.17, 15) is 0 Å². The van der Waals surface area contributed by atoms with Crippen molar-refractivity contribution >= 4 is 0 Å². The van der Waals surface area contributed by atoms with Crippen LogP contribution in [0.5, 0.6) is 11.5 Å². The van der Waals surface area contributed by atoms with Gasteiger partial charge in [-0.3, -0.25) is 0 Å². The van der Waals surface area contributed by atoms with Gasteiger partial charge in [0.05, 0.1) is 6.61 Å². The molecule has 1 aliphatic rings. The summed E-state index contributed by atoms with van der Waals surface area (Å²) in [6, 6.07) is 8.00. The number of rotatable bonds is 6. The molecular formula is C15H23NO2. The molecule has 1 saturated heterocycles. The van der Waals surface area contributed by atoms with Crippen molar-refractivity contribution in [3.05, 3.63) is 24.3 Å². The molecule has 100 valence electrons. The molecule has 18 heavy (non-hydrogen) atoms. The lowest BCUT2D eigenvalue weighted by molar-refractivity contribution is 0.161. The molecule has 1 aromatic rings. The molecule has 1 aliphatic heterocycles. The van der Waals surface area contributed by atoms with E-state index in [0.717, 1.165) is 56.9 Å². The van der Waals surface area contributed by atoms with Crippen molar-refractivity contribution in [3.63, 3.8) is 0 Å². The van der Waals surface area contributed by atoms with Crippen molar-refractivity contribution < 1.29 is 9.47 Å². The van der Waals surface area contributed by atoms with Crippen LogP contribution in [-0.4, -0.2) is 25.8 Å². The van der Waals surface area contributed by atoms with Crippen LogP contribution < -0.4 is 14.8 Å². The number of unbranched alkanes of at least 4 members (excludes halogenated alkanes) is 1. The van der Waals surface area contributed by atoms with Gasteiger partial charge in [0.25, 0.3) is 0 Å². The van der Waals surface area contributed by atoms with E-state index in [0.29, 0.717) is 6.10 Å². The van der Waals surface area contributed by atoms with Crippen molar-refractivity contribution in [1.29, 1.82) is 0 Å². The SMILES string of the molecule is CCCCOc1cccc(OC2CCNCC2)c1. The Morgan fingerprint density at radius 3 is 2.78 bits per heavy atom. The van der Waals surface area contributed by atoms with Crippen molar-refractivity contribution in [3.8, 4) is 11.5 Å². The van der Waals surface area contributed by atoms with Gasteiger partial charge in [-0.25, -0.2) is 0 Å². The number of hydrogen-bond donors (Lipinski definition) is 1. The molecule has 0 bridgehead atoms. The lowest BCUT2D eigenvalue weighted by Gasteiger charge is -2.24. The molecule has 0 radical (unpaired) electrons. The molecular weight excluding hydrogens is 226 g/mol. The van der Waals surface area contributed by atoms with Gasteiger partial charge in [0.2, 0.25) is 0 Å². The Morgan fingerprint density at radius 2 is 2.00 bits per heavy atom. The van der Waals surface area contributed by atoms with Crippen LogP contribution in [0, 0.1) is 0 Å². The molecule has 3 nitrogen and oxygen atoms in total. The summed E-state index contributed by atoms with van der Waals surface area (Å²) in [6.07, 6.45) is 4.77. The maximum Gasteiger partial charge on any atom is 0.123 e. The molecule has 0 spiro atoms. The zero-order valence-corrected chi connectivity index (χ0v) is 11.2. The zero-order chi connectivity index (χ0) is 12.6. The van der Waals surface area contributed by atoms with E-state index in [1.54, 1.807) is 0 Å². The van der Waals surface area contributed by atoms with Crippen LogP contribution in [-0.2, 0) is 0 Å². The summed E-state index contributed by atoms with van der Waals surface area (Å²) in [5.74, 6) is 1.84. The second-order valence-electron chi connectivity index (χ2n) is 4.74. The highest BCUT2D eigenvalue weighted by Crippen LogP contribution is 2.22. The zero-order valence-electron chi connectivity index (χ0n) is 11.2. The summed E-state index contributed by atoms with van der Waals surface area (Å²) >= 11 is 0. The quantitative estimate of drug-likeness (QED) is 0.786. The minimum Gasteiger partial charge on any atom is -0.493 e. The number of hydrogen-bond acceptors (Lipinski definition) is 3. The normalized spacial score (nSPS) is 16.5. The topological polar surface area (TPSA) is 30.5 Å². The molecule has 0 saturated carbocycles. The highest BCUT2D eigenvalue weighted by molar-refractivity contribution is 5.33. The molecule has 0 aliphatic carbocycles. The Kier molecular flexibility index (Phi) is 5.34. The van der Waals surface area contributed by atoms with Gasteiger partial charge in [-0.05, 0) is 44.5 Å². The summed E-state index contributed by atoms with van der Waals surface area (Å²) in [6.45, 7) is 5.06. The van der Waals surface area contributed by atoms with Crippen LogP contribution in [0.1, 0.15) is 32.6 Å². The van der Waals surface area contributed by atoms with Crippen LogP contribution >= 0.6 is 0 Å². The molecule has 3 heteroatoms. The largest absolute Gasteiger partial charge is 0.493 e. The first-order valence-corrected chi connectivity index (χ1v) is 6.98. The fraction of sp³-hybridized carbons (Fsp3) is 0.600. The average Bonchev–Trinajstić information content (AvgIpc) is 2.41. The van der Waals surface area contributed by atoms with Crippen LogP contribution in [0.3, 0.4) is 0 Å². The fourth-order valence-corrected chi connectivity index (χ4v) is 2.08. The first-order chi connectivity index (χ1) is 8.88. The molecule has 1 fully saturated rings. The van der Waals surface area contributed by atoms with E-state index in [1.165, 1.54) is 0 Å². The minimum atomic E-state index is 0.345. The summed E-state index contributed by atoms with van der Waals surface area (Å²) in [5.41, 5.74) is 0. The lowest BCUT2D eigenvalue weighted by atomic mass is 10.1. The summed E-state index contributed by atoms with van der Waals surface area (Å²) in [7, 11) is 0. The first-order valence-electron chi connectivity index (χ1n) is 6.98. The van der Waals surface area contributed by atoms with Gasteiger partial charge in [0.1, 0.15) is 17.6 Å². The number of piperidine rings is 1. The van der Waals surface area contributed by atoms with Crippen molar-refractivity contribution in [2.45, 2.75) is 38.7 Å². The molecule has 1 aromatic carbocycles. The Bertz CT molecular complexity index is 348. The van der Waals surface area contributed by atoms with Crippen molar-refractivity contribution in [2.24, 2.45) is 0 Å². The summed E-state index contributed by atoms with van der Waals surface area (Å²) in [4.78, 5) is 0. The monoisotopic (exact) mass is 249 g/mol. The predicted molar refractivity (Wildman–Crippen MR) is 73.4 cm³/mol. The van der Waals surface area contributed by atoms with Crippen molar-refractivity contribution in [1.82, 2.24) is 5.32 Å². The highest BCUT2D eigenvalue weighted by atomic mass is 16.5. The second-order valence-corrected chi connectivity index (χ2v) is 4.74. The molecule has 0 amide bonds.